The lowest BCUT2D eigenvalue weighted by molar-refractivity contribution is 0.754. The summed E-state index contributed by atoms with van der Waals surface area (Å²) in [5.74, 6) is 0. The minimum Gasteiger partial charge on any atom is -0.310 e. The number of hydrogen-bond donors (Lipinski definition) is 0. The molecule has 53 heavy (non-hydrogen) atoms. The molecule has 0 bridgehead atoms. The van der Waals surface area contributed by atoms with E-state index in [1.807, 2.05) is 11.3 Å². The molecular formula is C51H31NS. The van der Waals surface area contributed by atoms with Gasteiger partial charge >= 0.3 is 0 Å². The van der Waals surface area contributed by atoms with E-state index < -0.39 is 5.41 Å². The second-order valence-electron chi connectivity index (χ2n) is 14.4. The van der Waals surface area contributed by atoms with Crippen molar-refractivity contribution in [3.8, 4) is 22.3 Å². The molecule has 0 fully saturated rings. The Morgan fingerprint density at radius 2 is 0.943 bits per heavy atom. The molecular weight excluding hydrogens is 659 g/mol. The smallest absolute Gasteiger partial charge is 0.0725 e. The van der Waals surface area contributed by atoms with Crippen LogP contribution in [0.3, 0.4) is 0 Å². The summed E-state index contributed by atoms with van der Waals surface area (Å²) in [5, 5.41) is 7.83. The van der Waals surface area contributed by atoms with Gasteiger partial charge in [0.25, 0.3) is 0 Å². The van der Waals surface area contributed by atoms with Gasteiger partial charge in [-0.3, -0.25) is 0 Å². The third-order valence-electron chi connectivity index (χ3n) is 11.8. The van der Waals surface area contributed by atoms with Crippen LogP contribution in [0.15, 0.2) is 188 Å². The highest BCUT2D eigenvalue weighted by Crippen LogP contribution is 2.61. The van der Waals surface area contributed by atoms with Crippen LogP contribution in [0, 0.1) is 0 Å². The average Bonchev–Trinajstić information content (AvgIpc) is 3.60. The van der Waals surface area contributed by atoms with E-state index in [1.54, 1.807) is 0 Å². The zero-order valence-electron chi connectivity index (χ0n) is 28.8. The van der Waals surface area contributed by atoms with Crippen LogP contribution in [0.5, 0.6) is 0 Å². The van der Waals surface area contributed by atoms with Crippen molar-refractivity contribution in [3.05, 3.63) is 210 Å². The molecule has 0 saturated carbocycles. The molecule has 0 amide bonds. The molecule has 246 valence electrons. The fourth-order valence-electron chi connectivity index (χ4n) is 9.82. The SMILES string of the molecule is c1ccc(N(c2ccc3c(c2)sc2ccccc23)c2ccc3c4c(cccc24)C2(c4ccccc4-c4cccc5cccc2c45)c2ccccc2-3)cc1. The number of anilines is 3. The summed E-state index contributed by atoms with van der Waals surface area (Å²) in [5.41, 5.74) is 13.6. The third kappa shape index (κ3) is 3.81. The Balaban J connectivity index is 1.20. The van der Waals surface area contributed by atoms with Gasteiger partial charge in [0.1, 0.15) is 0 Å². The molecule has 1 aromatic heterocycles. The van der Waals surface area contributed by atoms with Gasteiger partial charge in [-0.25, -0.2) is 0 Å². The second kappa shape index (κ2) is 10.8. The predicted octanol–water partition coefficient (Wildman–Crippen LogP) is 14.2. The van der Waals surface area contributed by atoms with Crippen LogP contribution in [0.4, 0.5) is 17.1 Å². The zero-order chi connectivity index (χ0) is 34.7. The van der Waals surface area contributed by atoms with Crippen LogP contribution < -0.4 is 4.90 Å². The number of hydrogen-bond acceptors (Lipinski definition) is 2. The Morgan fingerprint density at radius 1 is 0.358 bits per heavy atom. The van der Waals surface area contributed by atoms with E-state index in [2.05, 4.69) is 193 Å². The highest BCUT2D eigenvalue weighted by Gasteiger charge is 2.48. The fraction of sp³-hybridized carbons (Fsp3) is 0.0196. The van der Waals surface area contributed by atoms with Crippen LogP contribution in [0.2, 0.25) is 0 Å². The lowest BCUT2D eigenvalue weighted by atomic mass is 9.55. The molecule has 0 N–H and O–H groups in total. The number of para-hydroxylation sites is 1. The summed E-state index contributed by atoms with van der Waals surface area (Å²) in [6.45, 7) is 0. The quantitative estimate of drug-likeness (QED) is 0.178. The maximum Gasteiger partial charge on any atom is 0.0725 e. The van der Waals surface area contributed by atoms with Gasteiger partial charge in [-0.1, -0.05) is 152 Å². The van der Waals surface area contributed by atoms with E-state index in [4.69, 9.17) is 0 Å². The van der Waals surface area contributed by atoms with Crippen LogP contribution in [0.25, 0.3) is 64.0 Å². The maximum atomic E-state index is 2.46. The van der Waals surface area contributed by atoms with E-state index in [-0.39, 0.29) is 0 Å². The van der Waals surface area contributed by atoms with Crippen molar-refractivity contribution in [2.75, 3.05) is 4.90 Å². The Hall–Kier alpha value is -6.48. The maximum absolute atomic E-state index is 2.46. The minimum absolute atomic E-state index is 0.500. The summed E-state index contributed by atoms with van der Waals surface area (Å²) in [6, 6.07) is 70.4. The van der Waals surface area contributed by atoms with Crippen molar-refractivity contribution in [3.63, 3.8) is 0 Å². The van der Waals surface area contributed by atoms with Crippen LogP contribution in [-0.2, 0) is 5.41 Å². The first-order valence-corrected chi connectivity index (χ1v) is 19.2. The molecule has 1 atom stereocenters. The van der Waals surface area contributed by atoms with E-state index in [9.17, 15) is 0 Å². The van der Waals surface area contributed by atoms with Gasteiger partial charge in [0, 0.05) is 36.9 Å². The fourth-order valence-corrected chi connectivity index (χ4v) is 11.0. The van der Waals surface area contributed by atoms with E-state index >= 15 is 0 Å². The van der Waals surface area contributed by atoms with Crippen LogP contribution in [-0.4, -0.2) is 0 Å². The first-order chi connectivity index (χ1) is 26.3. The van der Waals surface area contributed by atoms with Gasteiger partial charge in [0.2, 0.25) is 0 Å². The molecule has 2 aliphatic carbocycles. The number of fused-ring (bicyclic) bond motifs is 11. The summed E-state index contributed by atoms with van der Waals surface area (Å²) < 4.78 is 2.62. The lowest BCUT2D eigenvalue weighted by Crippen LogP contribution is -2.36. The molecule has 2 aliphatic rings. The average molecular weight is 690 g/mol. The molecule has 12 rings (SSSR count). The zero-order valence-corrected chi connectivity index (χ0v) is 29.6. The van der Waals surface area contributed by atoms with Crippen molar-refractivity contribution in [1.29, 1.82) is 0 Å². The van der Waals surface area contributed by atoms with Crippen molar-refractivity contribution in [1.82, 2.24) is 0 Å². The molecule has 0 radical (unpaired) electrons. The predicted molar refractivity (Wildman–Crippen MR) is 225 cm³/mol. The summed E-state index contributed by atoms with van der Waals surface area (Å²) in [6.07, 6.45) is 0. The Kier molecular flexibility index (Phi) is 5.92. The van der Waals surface area contributed by atoms with Gasteiger partial charge in [0.05, 0.1) is 11.1 Å². The molecule has 1 heterocycles. The van der Waals surface area contributed by atoms with E-state index in [1.165, 1.54) is 91.9 Å². The molecule has 1 spiro atoms. The van der Waals surface area contributed by atoms with Gasteiger partial charge in [-0.05, 0) is 97.1 Å². The first kappa shape index (κ1) is 29.1. The number of rotatable bonds is 3. The number of thiophene rings is 1. The summed E-state index contributed by atoms with van der Waals surface area (Å²) >= 11 is 1.87. The third-order valence-corrected chi connectivity index (χ3v) is 13.0. The molecule has 2 heteroatoms. The summed E-state index contributed by atoms with van der Waals surface area (Å²) in [7, 11) is 0. The highest BCUT2D eigenvalue weighted by atomic mass is 32.1. The first-order valence-electron chi connectivity index (χ1n) is 18.4. The lowest BCUT2D eigenvalue weighted by Gasteiger charge is -2.46. The minimum atomic E-state index is -0.500. The number of benzene rings is 9. The van der Waals surface area contributed by atoms with Crippen LogP contribution in [0.1, 0.15) is 22.3 Å². The van der Waals surface area contributed by atoms with Gasteiger partial charge < -0.3 is 4.90 Å². The van der Waals surface area contributed by atoms with E-state index in [0.29, 0.717) is 0 Å². The molecule has 0 aliphatic heterocycles. The normalized spacial score (nSPS) is 15.2. The Morgan fingerprint density at radius 3 is 1.75 bits per heavy atom. The highest BCUT2D eigenvalue weighted by molar-refractivity contribution is 7.25. The van der Waals surface area contributed by atoms with Crippen LogP contribution >= 0.6 is 11.3 Å². The van der Waals surface area contributed by atoms with Gasteiger partial charge in [-0.2, -0.15) is 0 Å². The van der Waals surface area contributed by atoms with Crippen molar-refractivity contribution >= 4 is 70.1 Å². The largest absolute Gasteiger partial charge is 0.310 e. The standard InChI is InChI=1S/C51H31NS/c1-2-15-33(16-3-1)52(34-27-28-38-37-19-6-9-26-47(37)53-48(38)31-34)46-30-29-40-36-18-5-8-23-43(36)51(45-25-12-21-41(46)50(40)45)42-22-7-4-17-35(42)39-20-10-13-32-14-11-24-44(51)49(32)39/h1-31H. The monoisotopic (exact) mass is 689 g/mol. The van der Waals surface area contributed by atoms with E-state index in [0.717, 1.165) is 11.4 Å². The van der Waals surface area contributed by atoms with Crippen molar-refractivity contribution < 1.29 is 0 Å². The van der Waals surface area contributed by atoms with Gasteiger partial charge in [0.15, 0.2) is 0 Å². The molecule has 9 aromatic carbocycles. The second-order valence-corrected chi connectivity index (χ2v) is 15.4. The molecule has 1 nitrogen and oxygen atoms in total. The molecule has 1 unspecified atom stereocenters. The Labute approximate surface area is 311 Å². The molecule has 10 aromatic rings. The Bertz CT molecular complexity index is 3130. The van der Waals surface area contributed by atoms with Gasteiger partial charge in [-0.15, -0.1) is 11.3 Å². The van der Waals surface area contributed by atoms with Crippen molar-refractivity contribution in [2.24, 2.45) is 0 Å². The van der Waals surface area contributed by atoms with Crippen molar-refractivity contribution in [2.45, 2.75) is 5.41 Å². The topological polar surface area (TPSA) is 3.24 Å². The molecule has 0 saturated heterocycles. The summed E-state index contributed by atoms with van der Waals surface area (Å²) in [4.78, 5) is 2.46. The number of nitrogens with zero attached hydrogens (tertiary/aromatic N) is 1.